The van der Waals surface area contributed by atoms with Gasteiger partial charge in [0.15, 0.2) is 11.2 Å². The van der Waals surface area contributed by atoms with E-state index in [-0.39, 0.29) is 23.1 Å². The van der Waals surface area contributed by atoms with Crippen molar-refractivity contribution in [2.24, 2.45) is 5.92 Å². The van der Waals surface area contributed by atoms with Crippen LogP contribution in [0.5, 0.6) is 11.5 Å². The summed E-state index contributed by atoms with van der Waals surface area (Å²) in [5.41, 5.74) is 3.31. The van der Waals surface area contributed by atoms with Crippen molar-refractivity contribution in [2.75, 3.05) is 26.7 Å². The van der Waals surface area contributed by atoms with E-state index in [9.17, 15) is 22.4 Å². The Hall–Kier alpha value is -4.47. The van der Waals surface area contributed by atoms with E-state index >= 15 is 0 Å². The number of aromatic nitrogens is 3. The highest BCUT2D eigenvalue weighted by Gasteiger charge is 2.26. The van der Waals surface area contributed by atoms with Crippen LogP contribution < -0.4 is 14.3 Å². The standard InChI is InChI=1S/C31H30FN5O5S/c1-18(2)17-41-28-13-25-27(12-24(28)20-11-22(16-34-15-20)42-43(32,39)40)37(21-6-8-36(3)9-7-21)31-29(30(25)38)23-5-4-19(14-33)10-26(23)35-31/h4-5,10-13,15-16,18,21,35H,6-9,17H2,1-3H3. The minimum Gasteiger partial charge on any atom is -0.493 e. The maximum atomic E-state index is 14.3. The molecule has 0 spiro atoms. The van der Waals surface area contributed by atoms with Crippen molar-refractivity contribution < 1.29 is 21.2 Å². The number of benzene rings is 2. The Balaban J connectivity index is 1.68. The molecule has 0 saturated carbocycles. The molecule has 10 nitrogen and oxygen atoms in total. The molecule has 4 heterocycles. The third-order valence-corrected chi connectivity index (χ3v) is 8.21. The number of halogens is 1. The highest BCUT2D eigenvalue weighted by atomic mass is 32.3. The molecule has 0 aliphatic carbocycles. The van der Waals surface area contributed by atoms with Crippen LogP contribution in [0, 0.1) is 17.2 Å². The predicted molar refractivity (Wildman–Crippen MR) is 162 cm³/mol. The molecule has 1 aliphatic heterocycles. The summed E-state index contributed by atoms with van der Waals surface area (Å²) >= 11 is 0. The molecule has 1 fully saturated rings. The van der Waals surface area contributed by atoms with E-state index in [0.717, 1.165) is 37.5 Å². The fourth-order valence-corrected chi connectivity index (χ4v) is 6.15. The molecule has 2 aromatic carbocycles. The summed E-state index contributed by atoms with van der Waals surface area (Å²) in [7, 11) is -3.18. The number of pyridine rings is 2. The molecule has 6 rings (SSSR count). The van der Waals surface area contributed by atoms with Gasteiger partial charge in [0.2, 0.25) is 0 Å². The molecule has 1 N–H and O–H groups in total. The van der Waals surface area contributed by atoms with Gasteiger partial charge in [0.25, 0.3) is 0 Å². The van der Waals surface area contributed by atoms with E-state index < -0.39 is 10.5 Å². The molecule has 1 saturated heterocycles. The van der Waals surface area contributed by atoms with Gasteiger partial charge >= 0.3 is 10.5 Å². The molecule has 12 heteroatoms. The van der Waals surface area contributed by atoms with Crippen molar-refractivity contribution in [3.63, 3.8) is 0 Å². The summed E-state index contributed by atoms with van der Waals surface area (Å²) in [4.78, 5) is 24.0. The summed E-state index contributed by atoms with van der Waals surface area (Å²) < 4.78 is 48.6. The summed E-state index contributed by atoms with van der Waals surface area (Å²) in [5.74, 6) is 0.289. The maximum absolute atomic E-state index is 14.3. The highest BCUT2D eigenvalue weighted by molar-refractivity contribution is 7.81. The number of piperidine rings is 1. The molecule has 0 amide bonds. The van der Waals surface area contributed by atoms with E-state index in [1.807, 2.05) is 19.9 Å². The van der Waals surface area contributed by atoms with Crippen LogP contribution in [0.4, 0.5) is 3.89 Å². The van der Waals surface area contributed by atoms with Crippen LogP contribution in [-0.2, 0) is 10.5 Å². The number of fused-ring (bicyclic) bond motifs is 4. The van der Waals surface area contributed by atoms with Gasteiger partial charge in [0, 0.05) is 34.3 Å². The van der Waals surface area contributed by atoms with Gasteiger partial charge < -0.3 is 23.4 Å². The molecular formula is C31H30FN5O5S. The number of hydrogen-bond donors (Lipinski definition) is 1. The molecule has 5 aromatic rings. The van der Waals surface area contributed by atoms with E-state index in [4.69, 9.17) is 4.74 Å². The number of ether oxygens (including phenoxy) is 1. The first-order chi connectivity index (χ1) is 20.5. The van der Waals surface area contributed by atoms with Crippen molar-refractivity contribution in [1.29, 1.82) is 5.26 Å². The normalized spacial score (nSPS) is 15.0. The second-order valence-corrected chi connectivity index (χ2v) is 12.4. The monoisotopic (exact) mass is 603 g/mol. The first-order valence-corrected chi connectivity index (χ1v) is 15.3. The predicted octanol–water partition coefficient (Wildman–Crippen LogP) is 5.46. The number of H-pyrrole nitrogens is 1. The zero-order valence-corrected chi connectivity index (χ0v) is 24.7. The van der Waals surface area contributed by atoms with Gasteiger partial charge in [-0.1, -0.05) is 23.8 Å². The van der Waals surface area contributed by atoms with Gasteiger partial charge in [-0.3, -0.25) is 9.78 Å². The number of aromatic amines is 1. The minimum absolute atomic E-state index is 0.0602. The number of nitrogens with one attached hydrogen (secondary N) is 1. The lowest BCUT2D eigenvalue weighted by Gasteiger charge is -2.32. The molecule has 1 aliphatic rings. The van der Waals surface area contributed by atoms with Crippen LogP contribution in [0.1, 0.15) is 38.3 Å². The number of rotatable bonds is 7. The highest BCUT2D eigenvalue weighted by Crippen LogP contribution is 2.39. The van der Waals surface area contributed by atoms with Crippen molar-refractivity contribution in [1.82, 2.24) is 19.4 Å². The van der Waals surface area contributed by atoms with Gasteiger partial charge in [-0.15, -0.1) is 0 Å². The quantitative estimate of drug-likeness (QED) is 0.243. The van der Waals surface area contributed by atoms with Crippen molar-refractivity contribution >= 4 is 43.3 Å². The van der Waals surface area contributed by atoms with Crippen molar-refractivity contribution in [3.8, 4) is 28.7 Å². The van der Waals surface area contributed by atoms with Gasteiger partial charge in [0.1, 0.15) is 11.4 Å². The summed E-state index contributed by atoms with van der Waals surface area (Å²) in [6, 6.07) is 12.4. The largest absolute Gasteiger partial charge is 0.493 e. The summed E-state index contributed by atoms with van der Waals surface area (Å²) in [5, 5.41) is 11.2. The smallest absolute Gasteiger partial charge is 0.488 e. The number of nitriles is 1. The first-order valence-electron chi connectivity index (χ1n) is 14.0. The lowest BCUT2D eigenvalue weighted by Crippen LogP contribution is -2.32. The number of nitrogens with zero attached hydrogens (tertiary/aromatic N) is 4. The molecule has 0 atom stereocenters. The molecule has 0 radical (unpaired) electrons. The fraction of sp³-hybridized carbons (Fsp3) is 0.323. The number of hydrogen-bond acceptors (Lipinski definition) is 8. The first kappa shape index (κ1) is 28.6. The van der Waals surface area contributed by atoms with Crippen LogP contribution in [0.2, 0.25) is 0 Å². The SMILES string of the molecule is CC(C)COc1cc2c(=O)c3c4ccc(C#N)cc4[nH]c3n(C3CCN(C)CC3)c2cc1-c1cncc(OS(=O)(=O)F)c1. The van der Waals surface area contributed by atoms with Gasteiger partial charge in [0.05, 0.1) is 40.7 Å². The van der Waals surface area contributed by atoms with Gasteiger partial charge in [-0.05, 0) is 69.2 Å². The Morgan fingerprint density at radius 2 is 1.91 bits per heavy atom. The topological polar surface area (TPSA) is 130 Å². The molecule has 43 heavy (non-hydrogen) atoms. The minimum atomic E-state index is -5.26. The zero-order valence-electron chi connectivity index (χ0n) is 23.9. The average molecular weight is 604 g/mol. The zero-order chi connectivity index (χ0) is 30.5. The third kappa shape index (κ3) is 5.53. The maximum Gasteiger partial charge on any atom is 0.488 e. The summed E-state index contributed by atoms with van der Waals surface area (Å²) in [6.07, 6.45) is 4.31. The lowest BCUT2D eigenvalue weighted by atomic mass is 9.99. The Morgan fingerprint density at radius 3 is 2.60 bits per heavy atom. The fourth-order valence-electron chi connectivity index (χ4n) is 5.83. The van der Waals surface area contributed by atoms with Crippen LogP contribution in [0.15, 0.2) is 53.6 Å². The van der Waals surface area contributed by atoms with E-state index in [2.05, 4.69) is 36.7 Å². The van der Waals surface area contributed by atoms with E-state index in [0.29, 0.717) is 56.5 Å². The van der Waals surface area contributed by atoms with Crippen LogP contribution in [-0.4, -0.2) is 54.6 Å². The van der Waals surface area contributed by atoms with Gasteiger partial charge in [-0.2, -0.15) is 13.7 Å². The molecule has 0 unspecified atom stereocenters. The van der Waals surface area contributed by atoms with E-state index in [1.165, 1.54) is 12.3 Å². The van der Waals surface area contributed by atoms with Crippen molar-refractivity contribution in [2.45, 2.75) is 32.7 Å². The molecular weight excluding hydrogens is 573 g/mol. The van der Waals surface area contributed by atoms with Crippen LogP contribution in [0.25, 0.3) is 44.0 Å². The molecule has 0 bridgehead atoms. The summed E-state index contributed by atoms with van der Waals surface area (Å²) in [6.45, 7) is 6.11. The Kier molecular flexibility index (Phi) is 7.31. The second kappa shape index (κ2) is 11.0. The van der Waals surface area contributed by atoms with Gasteiger partial charge in [-0.25, -0.2) is 0 Å². The lowest BCUT2D eigenvalue weighted by molar-refractivity contribution is 0.226. The third-order valence-electron chi connectivity index (χ3n) is 7.82. The molecule has 3 aromatic heterocycles. The van der Waals surface area contributed by atoms with Crippen LogP contribution >= 0.6 is 0 Å². The average Bonchev–Trinajstić information content (AvgIpc) is 3.34. The second-order valence-electron chi connectivity index (χ2n) is 11.4. The van der Waals surface area contributed by atoms with E-state index in [1.54, 1.807) is 24.3 Å². The Labute approximate surface area is 247 Å². The van der Waals surface area contributed by atoms with Crippen molar-refractivity contribution in [3.05, 3.63) is 64.6 Å². The Bertz CT molecular complexity index is 2090. The molecule has 222 valence electrons. The van der Waals surface area contributed by atoms with Crippen LogP contribution in [0.3, 0.4) is 0 Å². The number of likely N-dealkylation sites (tertiary alicyclic amines) is 1. The Morgan fingerprint density at radius 1 is 1.14 bits per heavy atom.